The number of halogens is 1. The van der Waals surface area contributed by atoms with Crippen LogP contribution in [0.5, 0.6) is 0 Å². The zero-order chi connectivity index (χ0) is 20.4. The van der Waals surface area contributed by atoms with Crippen molar-refractivity contribution in [3.63, 3.8) is 0 Å². The number of nitrogens with zero attached hydrogens (tertiary/aromatic N) is 1. The summed E-state index contributed by atoms with van der Waals surface area (Å²) in [7, 11) is 0. The van der Waals surface area contributed by atoms with Crippen LogP contribution in [0.3, 0.4) is 0 Å². The Hall–Kier alpha value is -4.06. The molecule has 3 N–H and O–H groups in total. The highest BCUT2D eigenvalue weighted by Crippen LogP contribution is 2.27. The van der Waals surface area contributed by atoms with Gasteiger partial charge in [-0.25, -0.2) is 9.37 Å². The molecule has 0 radical (unpaired) electrons. The van der Waals surface area contributed by atoms with Crippen molar-refractivity contribution in [3.8, 4) is 11.1 Å². The Labute approximate surface area is 165 Å². The van der Waals surface area contributed by atoms with E-state index in [2.05, 4.69) is 9.97 Å². The van der Waals surface area contributed by atoms with Crippen LogP contribution in [0.2, 0.25) is 0 Å². The van der Waals surface area contributed by atoms with E-state index in [0.717, 1.165) is 10.9 Å². The average molecular weight is 385 g/mol. The number of pyridine rings is 1. The highest BCUT2D eigenvalue weighted by molar-refractivity contribution is 6.09. The van der Waals surface area contributed by atoms with E-state index in [4.69, 9.17) is 5.73 Å². The third kappa shape index (κ3) is 3.68. The predicted molar refractivity (Wildman–Crippen MR) is 110 cm³/mol. The molecule has 2 aromatic heterocycles. The molecule has 1 amide bonds. The van der Waals surface area contributed by atoms with Crippen LogP contribution in [-0.2, 0) is 4.79 Å². The molecule has 6 heteroatoms. The van der Waals surface area contributed by atoms with E-state index in [9.17, 15) is 14.0 Å². The molecular formula is C23H16FN3O2. The third-order valence-electron chi connectivity index (χ3n) is 4.57. The van der Waals surface area contributed by atoms with Gasteiger partial charge < -0.3 is 10.7 Å². The summed E-state index contributed by atoms with van der Waals surface area (Å²) in [5.74, 6) is -1.52. The first kappa shape index (κ1) is 18.3. The minimum atomic E-state index is -0.598. The number of hydrogen-bond donors (Lipinski definition) is 2. The van der Waals surface area contributed by atoms with Gasteiger partial charge in [-0.2, -0.15) is 0 Å². The van der Waals surface area contributed by atoms with Crippen molar-refractivity contribution in [2.45, 2.75) is 0 Å². The number of carbonyl (C=O) groups is 2. The van der Waals surface area contributed by atoms with Crippen molar-refractivity contribution in [2.75, 3.05) is 0 Å². The van der Waals surface area contributed by atoms with Gasteiger partial charge in [-0.1, -0.05) is 36.4 Å². The number of primary amides is 1. The van der Waals surface area contributed by atoms with E-state index in [0.29, 0.717) is 22.3 Å². The molecule has 29 heavy (non-hydrogen) atoms. The number of amides is 1. The average Bonchev–Trinajstić information content (AvgIpc) is 3.14. The Bertz CT molecular complexity index is 1260. The number of nitrogens with one attached hydrogen (secondary N) is 1. The number of nitrogens with two attached hydrogens (primary N) is 1. The summed E-state index contributed by atoms with van der Waals surface area (Å²) in [6.07, 6.45) is 6.19. The standard InChI is InChI=1S/C23H16FN3O2/c24-20-11-15(6-8-18(20)22(29)14-4-2-1-3-5-14)17-10-19-16(7-9-21(25)28)12-26-23(19)27-13-17/h1-13H,(H2,25,28)(H,26,27). The van der Waals surface area contributed by atoms with Crippen molar-refractivity contribution >= 4 is 28.8 Å². The quantitative estimate of drug-likeness (QED) is 0.400. The summed E-state index contributed by atoms with van der Waals surface area (Å²) in [6.45, 7) is 0. The SMILES string of the molecule is NC(=O)C=Cc1c[nH]c2ncc(-c3ccc(C(=O)c4ccccc4)c(F)c3)cc12. The fraction of sp³-hybridized carbons (Fsp3) is 0. The van der Waals surface area contributed by atoms with Crippen molar-refractivity contribution in [2.24, 2.45) is 5.73 Å². The molecule has 4 rings (SSSR count). The minimum Gasteiger partial charge on any atom is -0.366 e. The molecule has 5 nitrogen and oxygen atoms in total. The Kier molecular flexibility index (Phi) is 4.75. The first-order chi connectivity index (χ1) is 14.0. The zero-order valence-electron chi connectivity index (χ0n) is 15.2. The zero-order valence-corrected chi connectivity index (χ0v) is 15.2. The van der Waals surface area contributed by atoms with E-state index in [1.165, 1.54) is 18.2 Å². The number of ketones is 1. The van der Waals surface area contributed by atoms with Gasteiger partial charge >= 0.3 is 0 Å². The summed E-state index contributed by atoms with van der Waals surface area (Å²) in [4.78, 5) is 30.9. The number of carbonyl (C=O) groups excluding carboxylic acids is 2. The molecule has 0 saturated carbocycles. The van der Waals surface area contributed by atoms with Gasteiger partial charge in [-0.15, -0.1) is 0 Å². The molecular weight excluding hydrogens is 369 g/mol. The lowest BCUT2D eigenvalue weighted by Gasteiger charge is -2.07. The number of aromatic nitrogens is 2. The molecule has 0 aliphatic heterocycles. The molecule has 0 spiro atoms. The Balaban J connectivity index is 1.71. The summed E-state index contributed by atoms with van der Waals surface area (Å²) in [5.41, 5.74) is 8.24. The number of fused-ring (bicyclic) bond motifs is 1. The molecule has 0 fully saturated rings. The van der Waals surface area contributed by atoms with Crippen LogP contribution < -0.4 is 5.73 Å². The fourth-order valence-corrected chi connectivity index (χ4v) is 3.12. The Morgan fingerprint density at radius 3 is 2.55 bits per heavy atom. The van der Waals surface area contributed by atoms with Crippen molar-refractivity contribution in [1.82, 2.24) is 9.97 Å². The van der Waals surface area contributed by atoms with Gasteiger partial charge in [0.25, 0.3) is 0 Å². The molecule has 0 unspecified atom stereocenters. The van der Waals surface area contributed by atoms with Gasteiger partial charge in [0, 0.05) is 40.5 Å². The van der Waals surface area contributed by atoms with E-state index < -0.39 is 11.7 Å². The minimum absolute atomic E-state index is 0.0145. The highest BCUT2D eigenvalue weighted by Gasteiger charge is 2.15. The maximum atomic E-state index is 14.7. The molecule has 0 atom stereocenters. The number of benzene rings is 2. The molecule has 0 aliphatic rings. The Morgan fingerprint density at radius 1 is 1.03 bits per heavy atom. The van der Waals surface area contributed by atoms with Gasteiger partial charge in [-0.05, 0) is 29.8 Å². The van der Waals surface area contributed by atoms with Crippen molar-refractivity contribution < 1.29 is 14.0 Å². The second kappa shape index (κ2) is 7.52. The second-order valence-electron chi connectivity index (χ2n) is 6.49. The van der Waals surface area contributed by atoms with Gasteiger partial charge in [0.15, 0.2) is 5.78 Å². The lowest BCUT2D eigenvalue weighted by molar-refractivity contribution is -0.113. The normalized spacial score (nSPS) is 11.2. The molecule has 2 heterocycles. The van der Waals surface area contributed by atoms with Gasteiger partial charge in [0.2, 0.25) is 5.91 Å². The molecule has 0 bridgehead atoms. The van der Waals surface area contributed by atoms with Crippen LogP contribution in [0.25, 0.3) is 28.2 Å². The molecule has 0 saturated heterocycles. The van der Waals surface area contributed by atoms with E-state index >= 15 is 0 Å². The van der Waals surface area contributed by atoms with Crippen molar-refractivity contribution in [3.05, 3.63) is 95.6 Å². The molecule has 142 valence electrons. The number of hydrogen-bond acceptors (Lipinski definition) is 3. The van der Waals surface area contributed by atoms with E-state index in [1.54, 1.807) is 54.9 Å². The van der Waals surface area contributed by atoms with Gasteiger partial charge in [0.05, 0.1) is 5.56 Å². The first-order valence-corrected chi connectivity index (χ1v) is 8.87. The monoisotopic (exact) mass is 385 g/mol. The van der Waals surface area contributed by atoms with Gasteiger partial charge in [-0.3, -0.25) is 9.59 Å². The lowest BCUT2D eigenvalue weighted by atomic mass is 9.99. The number of H-pyrrole nitrogens is 1. The topological polar surface area (TPSA) is 88.8 Å². The smallest absolute Gasteiger partial charge is 0.241 e. The summed E-state index contributed by atoms with van der Waals surface area (Å²) in [6, 6.07) is 14.9. The van der Waals surface area contributed by atoms with E-state index in [1.807, 2.05) is 6.07 Å². The highest BCUT2D eigenvalue weighted by atomic mass is 19.1. The maximum Gasteiger partial charge on any atom is 0.241 e. The molecule has 2 aromatic carbocycles. The Morgan fingerprint density at radius 2 is 1.83 bits per heavy atom. The molecule has 4 aromatic rings. The van der Waals surface area contributed by atoms with Crippen LogP contribution in [0, 0.1) is 5.82 Å². The first-order valence-electron chi connectivity index (χ1n) is 8.87. The summed E-state index contributed by atoms with van der Waals surface area (Å²) >= 11 is 0. The van der Waals surface area contributed by atoms with Crippen molar-refractivity contribution in [1.29, 1.82) is 0 Å². The van der Waals surface area contributed by atoms with Crippen LogP contribution in [-0.4, -0.2) is 21.7 Å². The fourth-order valence-electron chi connectivity index (χ4n) is 3.12. The largest absolute Gasteiger partial charge is 0.366 e. The van der Waals surface area contributed by atoms with E-state index in [-0.39, 0.29) is 11.3 Å². The van der Waals surface area contributed by atoms with Crippen LogP contribution in [0.4, 0.5) is 4.39 Å². The molecule has 0 aliphatic carbocycles. The third-order valence-corrected chi connectivity index (χ3v) is 4.57. The maximum absolute atomic E-state index is 14.7. The summed E-state index contributed by atoms with van der Waals surface area (Å²) in [5, 5.41) is 0.768. The lowest BCUT2D eigenvalue weighted by Crippen LogP contribution is -2.04. The number of aromatic amines is 1. The predicted octanol–water partition coefficient (Wildman–Crippen LogP) is 4.10. The second-order valence-corrected chi connectivity index (χ2v) is 6.49. The van der Waals surface area contributed by atoms with Gasteiger partial charge in [0.1, 0.15) is 11.5 Å². The van der Waals surface area contributed by atoms with Crippen LogP contribution >= 0.6 is 0 Å². The van der Waals surface area contributed by atoms with Crippen LogP contribution in [0.1, 0.15) is 21.5 Å². The number of rotatable bonds is 5. The summed E-state index contributed by atoms with van der Waals surface area (Å²) < 4.78 is 14.7. The van der Waals surface area contributed by atoms with Crippen LogP contribution in [0.15, 0.2) is 73.1 Å².